The molecule has 5 rings (SSSR count). The smallest absolute Gasteiger partial charge is 0.407 e. The number of benzene rings is 2. The monoisotopic (exact) mass is 591 g/mol. The van der Waals surface area contributed by atoms with Crippen molar-refractivity contribution in [2.24, 2.45) is 0 Å². The summed E-state index contributed by atoms with van der Waals surface area (Å²) in [6.45, 7) is 4.88. The Bertz CT molecular complexity index is 1720. The van der Waals surface area contributed by atoms with E-state index in [1.165, 1.54) is 16.3 Å². The van der Waals surface area contributed by atoms with E-state index >= 15 is 0 Å². The number of likely N-dealkylation sites (tertiary alicyclic amines) is 1. The number of aryl methyl sites for hydroxylation is 1. The Hall–Kier alpha value is -4.49. The lowest BCUT2D eigenvalue weighted by atomic mass is 10.0. The molecule has 3 heterocycles. The summed E-state index contributed by atoms with van der Waals surface area (Å²) in [6, 6.07) is 14.4. The minimum Gasteiger partial charge on any atom is -0.465 e. The fourth-order valence-electron chi connectivity index (χ4n) is 4.84. The van der Waals surface area contributed by atoms with Gasteiger partial charge in [-0.2, -0.15) is 12.7 Å². The minimum absolute atomic E-state index is 0.100. The normalized spacial score (nSPS) is 15.5. The summed E-state index contributed by atoms with van der Waals surface area (Å²) in [7, 11) is -2.21. The molecule has 1 saturated heterocycles. The van der Waals surface area contributed by atoms with E-state index in [1.807, 2.05) is 31.2 Å². The molecular formula is C29H33N7O5S. The van der Waals surface area contributed by atoms with E-state index in [4.69, 9.17) is 4.74 Å². The molecule has 1 atom stereocenters. The van der Waals surface area contributed by atoms with Crippen LogP contribution < -0.4 is 14.8 Å². The van der Waals surface area contributed by atoms with Crippen molar-refractivity contribution in [3.05, 3.63) is 66.5 Å². The zero-order valence-corrected chi connectivity index (χ0v) is 24.4. The fraction of sp³-hybridized carbons (Fsp3) is 0.310. The predicted octanol–water partition coefficient (Wildman–Crippen LogP) is 4.96. The van der Waals surface area contributed by atoms with Crippen LogP contribution in [-0.4, -0.2) is 76.5 Å². The SMILES string of the molecule is CCN(C)S(=O)(=O)Nc1cccc2c(Oc3ncccc3-c3ccnc(NC4CCCN(C(=O)O)C4)n3)c(C)ccc12. The number of carboxylic acid groups (broad SMARTS) is 1. The van der Waals surface area contributed by atoms with Gasteiger partial charge < -0.3 is 20.1 Å². The highest BCUT2D eigenvalue weighted by atomic mass is 32.2. The molecule has 1 aliphatic heterocycles. The van der Waals surface area contributed by atoms with Crippen LogP contribution in [0.4, 0.5) is 16.4 Å². The Balaban J connectivity index is 1.45. The molecule has 1 aliphatic rings. The number of aromatic nitrogens is 3. The van der Waals surface area contributed by atoms with Gasteiger partial charge in [0, 0.05) is 55.9 Å². The third-order valence-corrected chi connectivity index (χ3v) is 8.79. The molecule has 0 radical (unpaired) electrons. The maximum atomic E-state index is 12.7. The van der Waals surface area contributed by atoms with Gasteiger partial charge in [-0.25, -0.2) is 19.7 Å². The van der Waals surface area contributed by atoms with Crippen molar-refractivity contribution < 1.29 is 23.1 Å². The number of nitrogens with one attached hydrogen (secondary N) is 2. The van der Waals surface area contributed by atoms with Crippen molar-refractivity contribution in [2.75, 3.05) is 36.7 Å². The van der Waals surface area contributed by atoms with Gasteiger partial charge in [0.1, 0.15) is 5.75 Å². The van der Waals surface area contributed by atoms with Crippen LogP contribution in [0.25, 0.3) is 22.0 Å². The molecule has 13 heteroatoms. The summed E-state index contributed by atoms with van der Waals surface area (Å²) >= 11 is 0. The maximum absolute atomic E-state index is 12.7. The van der Waals surface area contributed by atoms with Gasteiger partial charge in [0.25, 0.3) is 0 Å². The summed E-state index contributed by atoms with van der Waals surface area (Å²) in [5.74, 6) is 1.25. The first-order chi connectivity index (χ1) is 20.2. The molecule has 0 saturated carbocycles. The molecule has 12 nitrogen and oxygen atoms in total. The molecule has 1 unspecified atom stereocenters. The van der Waals surface area contributed by atoms with Gasteiger partial charge in [-0.1, -0.05) is 31.2 Å². The molecule has 0 bridgehead atoms. The Labute approximate surface area is 244 Å². The number of hydrogen-bond acceptors (Lipinski definition) is 8. The van der Waals surface area contributed by atoms with Crippen molar-refractivity contribution in [1.82, 2.24) is 24.2 Å². The average Bonchev–Trinajstić information content (AvgIpc) is 2.98. The van der Waals surface area contributed by atoms with Crippen LogP contribution in [0.3, 0.4) is 0 Å². The topological polar surface area (TPSA) is 150 Å². The number of amides is 1. The highest BCUT2D eigenvalue weighted by Crippen LogP contribution is 2.39. The van der Waals surface area contributed by atoms with Gasteiger partial charge in [-0.15, -0.1) is 0 Å². The number of fused-ring (bicyclic) bond motifs is 1. The number of rotatable bonds is 9. The number of nitrogens with zero attached hydrogens (tertiary/aromatic N) is 5. The minimum atomic E-state index is -3.72. The largest absolute Gasteiger partial charge is 0.465 e. The van der Waals surface area contributed by atoms with Crippen LogP contribution in [0.15, 0.2) is 60.9 Å². The fourth-order valence-corrected chi connectivity index (χ4v) is 5.80. The van der Waals surface area contributed by atoms with E-state index in [1.54, 1.807) is 43.6 Å². The van der Waals surface area contributed by atoms with Crippen molar-refractivity contribution in [2.45, 2.75) is 32.7 Å². The first-order valence-electron chi connectivity index (χ1n) is 13.6. The van der Waals surface area contributed by atoms with Crippen LogP contribution in [0.2, 0.25) is 0 Å². The molecule has 1 fully saturated rings. The zero-order chi connectivity index (χ0) is 29.9. The number of pyridine rings is 1. The Morgan fingerprint density at radius 2 is 1.95 bits per heavy atom. The van der Waals surface area contributed by atoms with Crippen LogP contribution in [0.1, 0.15) is 25.3 Å². The second kappa shape index (κ2) is 12.2. The van der Waals surface area contributed by atoms with E-state index in [0.29, 0.717) is 59.5 Å². The third-order valence-electron chi connectivity index (χ3n) is 7.23. The van der Waals surface area contributed by atoms with Gasteiger partial charge in [0.2, 0.25) is 11.8 Å². The van der Waals surface area contributed by atoms with Crippen molar-refractivity contribution in [1.29, 1.82) is 0 Å². The van der Waals surface area contributed by atoms with Gasteiger partial charge in [0.05, 0.1) is 16.9 Å². The molecule has 2 aromatic carbocycles. The lowest BCUT2D eigenvalue weighted by Gasteiger charge is -2.31. The predicted molar refractivity (Wildman–Crippen MR) is 161 cm³/mol. The summed E-state index contributed by atoms with van der Waals surface area (Å²) < 4.78 is 35.8. The zero-order valence-electron chi connectivity index (χ0n) is 23.6. The van der Waals surface area contributed by atoms with Crippen LogP contribution in [0, 0.1) is 6.92 Å². The summed E-state index contributed by atoms with van der Waals surface area (Å²) in [5.41, 5.74) is 2.50. The van der Waals surface area contributed by atoms with E-state index in [-0.39, 0.29) is 6.04 Å². The maximum Gasteiger partial charge on any atom is 0.407 e. The molecular weight excluding hydrogens is 558 g/mol. The van der Waals surface area contributed by atoms with E-state index in [9.17, 15) is 18.3 Å². The summed E-state index contributed by atoms with van der Waals surface area (Å²) in [4.78, 5) is 26.3. The number of carbonyl (C=O) groups is 1. The molecule has 1 amide bonds. The van der Waals surface area contributed by atoms with Crippen LogP contribution >= 0.6 is 0 Å². The molecule has 42 heavy (non-hydrogen) atoms. The molecule has 4 aromatic rings. The van der Waals surface area contributed by atoms with Gasteiger partial charge >= 0.3 is 16.3 Å². The molecule has 220 valence electrons. The van der Waals surface area contributed by atoms with E-state index in [2.05, 4.69) is 25.0 Å². The van der Waals surface area contributed by atoms with Crippen LogP contribution in [0.5, 0.6) is 11.6 Å². The molecule has 0 aliphatic carbocycles. The molecule has 3 N–H and O–H groups in total. The standard InChI is InChI=1S/C29H33N7O5S/c1-4-35(3)42(39,40)34-25-11-5-9-22-21(25)13-12-19(2)26(22)41-27-23(10-6-15-30-27)24-14-16-31-28(33-24)32-20-8-7-17-36(18-20)29(37)38/h5-6,9-16,20,34H,4,7-8,17-18H2,1-3H3,(H,37,38)(H,31,32,33). The van der Waals surface area contributed by atoms with E-state index in [0.717, 1.165) is 23.8 Å². The first-order valence-corrected chi connectivity index (χ1v) is 15.1. The van der Waals surface area contributed by atoms with Gasteiger partial charge in [0.15, 0.2) is 0 Å². The summed E-state index contributed by atoms with van der Waals surface area (Å²) in [6.07, 6.45) is 3.89. The summed E-state index contributed by atoms with van der Waals surface area (Å²) in [5, 5.41) is 14.0. The Morgan fingerprint density at radius 3 is 2.74 bits per heavy atom. The van der Waals surface area contributed by atoms with Gasteiger partial charge in [-0.3, -0.25) is 4.72 Å². The van der Waals surface area contributed by atoms with E-state index < -0.39 is 16.3 Å². The average molecular weight is 592 g/mol. The van der Waals surface area contributed by atoms with Crippen LogP contribution in [-0.2, 0) is 10.2 Å². The Kier molecular flexibility index (Phi) is 8.41. The van der Waals surface area contributed by atoms with Gasteiger partial charge in [-0.05, 0) is 49.6 Å². The van der Waals surface area contributed by atoms with Crippen molar-refractivity contribution in [3.63, 3.8) is 0 Å². The second-order valence-corrected chi connectivity index (χ2v) is 11.8. The first kappa shape index (κ1) is 29.0. The Morgan fingerprint density at radius 1 is 1.12 bits per heavy atom. The lowest BCUT2D eigenvalue weighted by Crippen LogP contribution is -2.44. The second-order valence-electron chi connectivity index (χ2n) is 10.1. The third kappa shape index (κ3) is 6.21. The highest BCUT2D eigenvalue weighted by molar-refractivity contribution is 7.90. The quantitative estimate of drug-likeness (QED) is 0.246. The molecule has 0 spiro atoms. The number of piperidine rings is 1. The van der Waals surface area contributed by atoms with Crippen molar-refractivity contribution in [3.8, 4) is 22.9 Å². The lowest BCUT2D eigenvalue weighted by molar-refractivity contribution is 0.132. The van der Waals surface area contributed by atoms with Crippen molar-refractivity contribution >= 4 is 38.7 Å². The highest BCUT2D eigenvalue weighted by Gasteiger charge is 2.24. The number of hydrogen-bond donors (Lipinski definition) is 3. The molecule has 2 aromatic heterocycles. The number of anilines is 2. The number of ether oxygens (including phenoxy) is 1.